The summed E-state index contributed by atoms with van der Waals surface area (Å²) < 4.78 is 1.98. The molecule has 0 aromatic carbocycles. The van der Waals surface area contributed by atoms with Crippen LogP contribution in [0.3, 0.4) is 0 Å². The lowest BCUT2D eigenvalue weighted by atomic mass is 10.0. The van der Waals surface area contributed by atoms with E-state index < -0.39 is 5.60 Å². The number of rotatable bonds is 8. The van der Waals surface area contributed by atoms with Gasteiger partial charge in [-0.1, -0.05) is 13.8 Å². The van der Waals surface area contributed by atoms with E-state index in [0.717, 1.165) is 25.1 Å². The van der Waals surface area contributed by atoms with Crippen molar-refractivity contribution in [3.05, 3.63) is 18.0 Å². The first-order valence-corrected chi connectivity index (χ1v) is 6.95. The van der Waals surface area contributed by atoms with Gasteiger partial charge in [-0.2, -0.15) is 5.10 Å². The van der Waals surface area contributed by atoms with Gasteiger partial charge in [0.1, 0.15) is 0 Å². The van der Waals surface area contributed by atoms with Crippen LogP contribution in [0.5, 0.6) is 0 Å². The van der Waals surface area contributed by atoms with E-state index in [0.29, 0.717) is 19.0 Å². The topological polar surface area (TPSA) is 50.1 Å². The van der Waals surface area contributed by atoms with Gasteiger partial charge in [0.25, 0.3) is 0 Å². The molecule has 1 aromatic rings. The third kappa shape index (κ3) is 4.78. The van der Waals surface area contributed by atoms with Crippen molar-refractivity contribution >= 4 is 0 Å². The fourth-order valence-corrected chi connectivity index (χ4v) is 1.89. The molecule has 0 fully saturated rings. The molecule has 0 aliphatic heterocycles. The van der Waals surface area contributed by atoms with E-state index in [2.05, 4.69) is 31.2 Å². The Labute approximate surface area is 110 Å². The van der Waals surface area contributed by atoms with Gasteiger partial charge in [-0.05, 0) is 39.3 Å². The summed E-state index contributed by atoms with van der Waals surface area (Å²) in [5, 5.41) is 18.1. The molecule has 1 rings (SSSR count). The second-order valence-corrected chi connectivity index (χ2v) is 5.39. The average molecular weight is 253 g/mol. The molecule has 2 N–H and O–H groups in total. The van der Waals surface area contributed by atoms with E-state index in [4.69, 9.17) is 0 Å². The van der Waals surface area contributed by atoms with E-state index in [1.165, 1.54) is 0 Å². The molecule has 4 heteroatoms. The number of nitrogens with zero attached hydrogens (tertiary/aromatic N) is 2. The molecular weight excluding hydrogens is 226 g/mol. The van der Waals surface area contributed by atoms with Gasteiger partial charge in [0.2, 0.25) is 0 Å². The van der Waals surface area contributed by atoms with Crippen molar-refractivity contribution in [2.24, 2.45) is 0 Å². The number of hydrogen-bond donors (Lipinski definition) is 2. The van der Waals surface area contributed by atoms with Crippen molar-refractivity contribution in [1.82, 2.24) is 15.1 Å². The number of nitrogens with one attached hydrogen (secondary N) is 1. The van der Waals surface area contributed by atoms with Gasteiger partial charge < -0.3 is 10.4 Å². The number of hydrogen-bond acceptors (Lipinski definition) is 3. The summed E-state index contributed by atoms with van der Waals surface area (Å²) in [5.41, 5.74) is 0.225. The highest BCUT2D eigenvalue weighted by atomic mass is 16.3. The van der Waals surface area contributed by atoms with Crippen LogP contribution in [0.25, 0.3) is 0 Å². The maximum absolute atomic E-state index is 10.3. The van der Waals surface area contributed by atoms with Crippen molar-refractivity contribution in [2.75, 3.05) is 13.1 Å². The Hall–Kier alpha value is -0.870. The standard InChI is InChI=1S/C14H27N3O/c1-5-8-15-11-14(4,18)10-13-7-9-17(16-13)12(3)6-2/h7,9,12,15,18H,5-6,8,10-11H2,1-4H3. The Morgan fingerprint density at radius 1 is 1.50 bits per heavy atom. The quantitative estimate of drug-likeness (QED) is 0.698. The molecule has 1 aromatic heterocycles. The minimum absolute atomic E-state index is 0.418. The van der Waals surface area contributed by atoms with Crippen LogP contribution in [0.1, 0.15) is 52.3 Å². The SMILES string of the molecule is CCCNCC(C)(O)Cc1ccn(C(C)CC)n1. The lowest BCUT2D eigenvalue weighted by Gasteiger charge is -2.22. The molecule has 0 amide bonds. The van der Waals surface area contributed by atoms with Gasteiger partial charge in [-0.15, -0.1) is 0 Å². The molecule has 4 nitrogen and oxygen atoms in total. The normalized spacial score (nSPS) is 16.5. The zero-order valence-electron chi connectivity index (χ0n) is 12.1. The van der Waals surface area contributed by atoms with Crippen LogP contribution in [0.2, 0.25) is 0 Å². The minimum Gasteiger partial charge on any atom is -0.388 e. The van der Waals surface area contributed by atoms with E-state index in [1.807, 2.05) is 23.9 Å². The Kier molecular flexibility index (Phi) is 5.82. The average Bonchev–Trinajstić information content (AvgIpc) is 2.75. The second-order valence-electron chi connectivity index (χ2n) is 5.39. The van der Waals surface area contributed by atoms with Crippen molar-refractivity contribution in [2.45, 2.75) is 58.6 Å². The van der Waals surface area contributed by atoms with Gasteiger partial charge >= 0.3 is 0 Å². The smallest absolute Gasteiger partial charge is 0.0799 e. The summed E-state index contributed by atoms with van der Waals surface area (Å²) in [4.78, 5) is 0. The molecule has 104 valence electrons. The lowest BCUT2D eigenvalue weighted by Crippen LogP contribution is -2.40. The lowest BCUT2D eigenvalue weighted by molar-refractivity contribution is 0.0592. The summed E-state index contributed by atoms with van der Waals surface area (Å²) in [5.74, 6) is 0. The van der Waals surface area contributed by atoms with Gasteiger partial charge in [-0.25, -0.2) is 0 Å². The van der Waals surface area contributed by atoms with Crippen molar-refractivity contribution < 1.29 is 5.11 Å². The van der Waals surface area contributed by atoms with Crippen LogP contribution in [0, 0.1) is 0 Å². The Bertz CT molecular complexity index is 347. The predicted molar refractivity (Wildman–Crippen MR) is 74.7 cm³/mol. The molecule has 18 heavy (non-hydrogen) atoms. The third-order valence-electron chi connectivity index (χ3n) is 3.20. The highest BCUT2D eigenvalue weighted by molar-refractivity contribution is 5.04. The van der Waals surface area contributed by atoms with Crippen LogP contribution in [0.15, 0.2) is 12.3 Å². The highest BCUT2D eigenvalue weighted by Gasteiger charge is 2.21. The molecule has 0 radical (unpaired) electrons. The van der Waals surface area contributed by atoms with Crippen molar-refractivity contribution in [3.63, 3.8) is 0 Å². The molecule has 0 saturated heterocycles. The van der Waals surface area contributed by atoms with Gasteiger partial charge in [0.05, 0.1) is 11.3 Å². The van der Waals surface area contributed by atoms with Crippen molar-refractivity contribution in [1.29, 1.82) is 0 Å². The summed E-state index contributed by atoms with van der Waals surface area (Å²) in [7, 11) is 0. The first-order valence-electron chi connectivity index (χ1n) is 6.95. The molecule has 1 heterocycles. The molecule has 0 saturated carbocycles. The van der Waals surface area contributed by atoms with Crippen LogP contribution in [-0.2, 0) is 6.42 Å². The Balaban J connectivity index is 2.52. The molecule has 0 aliphatic rings. The van der Waals surface area contributed by atoms with Gasteiger partial charge in [0, 0.05) is 25.2 Å². The Morgan fingerprint density at radius 2 is 2.22 bits per heavy atom. The summed E-state index contributed by atoms with van der Waals surface area (Å²) in [6, 6.07) is 2.42. The summed E-state index contributed by atoms with van der Waals surface area (Å²) >= 11 is 0. The van der Waals surface area contributed by atoms with Crippen LogP contribution >= 0.6 is 0 Å². The number of aliphatic hydroxyl groups is 1. The maximum Gasteiger partial charge on any atom is 0.0799 e. The summed E-state index contributed by atoms with van der Waals surface area (Å²) in [6.45, 7) is 9.83. The minimum atomic E-state index is -0.732. The molecule has 2 unspecified atom stereocenters. The summed E-state index contributed by atoms with van der Waals surface area (Å²) in [6.07, 6.45) is 4.74. The van der Waals surface area contributed by atoms with Crippen molar-refractivity contribution in [3.8, 4) is 0 Å². The van der Waals surface area contributed by atoms with E-state index in [9.17, 15) is 5.11 Å². The highest BCUT2D eigenvalue weighted by Crippen LogP contribution is 2.14. The Morgan fingerprint density at radius 3 is 2.83 bits per heavy atom. The molecular formula is C14H27N3O. The van der Waals surface area contributed by atoms with E-state index >= 15 is 0 Å². The number of aromatic nitrogens is 2. The van der Waals surface area contributed by atoms with Crippen LogP contribution < -0.4 is 5.32 Å². The van der Waals surface area contributed by atoms with Gasteiger partial charge in [0.15, 0.2) is 0 Å². The van der Waals surface area contributed by atoms with Crippen LogP contribution in [-0.4, -0.2) is 33.6 Å². The van der Waals surface area contributed by atoms with E-state index in [1.54, 1.807) is 0 Å². The van der Waals surface area contributed by atoms with Crippen LogP contribution in [0.4, 0.5) is 0 Å². The monoisotopic (exact) mass is 253 g/mol. The zero-order chi connectivity index (χ0) is 13.6. The van der Waals surface area contributed by atoms with E-state index in [-0.39, 0.29) is 0 Å². The maximum atomic E-state index is 10.3. The fraction of sp³-hybridized carbons (Fsp3) is 0.786. The van der Waals surface area contributed by atoms with Gasteiger partial charge in [-0.3, -0.25) is 4.68 Å². The molecule has 0 spiro atoms. The molecule has 2 atom stereocenters. The predicted octanol–water partition coefficient (Wildman–Crippen LogP) is 2.15. The molecule has 0 bridgehead atoms. The second kappa shape index (κ2) is 6.90. The molecule has 0 aliphatic carbocycles. The first kappa shape index (κ1) is 15.2. The third-order valence-corrected chi connectivity index (χ3v) is 3.20. The fourth-order valence-electron chi connectivity index (χ4n) is 1.89. The zero-order valence-corrected chi connectivity index (χ0v) is 12.1. The largest absolute Gasteiger partial charge is 0.388 e. The first-order chi connectivity index (χ1) is 8.48.